The highest BCUT2D eigenvalue weighted by atomic mass is 16.5. The molecule has 0 saturated carbocycles. The highest BCUT2D eigenvalue weighted by Gasteiger charge is 2.07. The fourth-order valence-corrected chi connectivity index (χ4v) is 1.60. The van der Waals surface area contributed by atoms with E-state index in [1.165, 1.54) is 0 Å². The lowest BCUT2D eigenvalue weighted by molar-refractivity contribution is -0.115. The smallest absolute Gasteiger partial charge is 0.238 e. The van der Waals surface area contributed by atoms with Crippen molar-refractivity contribution in [2.75, 3.05) is 32.1 Å². The number of ether oxygens (including phenoxy) is 2. The number of rotatable bonds is 8. The highest BCUT2D eigenvalue weighted by molar-refractivity contribution is 5.92. The molecule has 0 spiro atoms. The van der Waals surface area contributed by atoms with Gasteiger partial charge in [0.1, 0.15) is 0 Å². The lowest BCUT2D eigenvalue weighted by atomic mass is 10.2. The zero-order chi connectivity index (χ0) is 14.1. The standard InChI is InChI=1S/C14H22N2O3/c1-4-8-15-10-14(17)16-11-6-7-12(19-5-2)13(9-11)18-3/h6-7,9,15H,4-5,8,10H2,1-3H3,(H,16,17). The van der Waals surface area contributed by atoms with Gasteiger partial charge in [-0.2, -0.15) is 0 Å². The van der Waals surface area contributed by atoms with Crippen molar-refractivity contribution in [2.45, 2.75) is 20.3 Å². The largest absolute Gasteiger partial charge is 0.493 e. The van der Waals surface area contributed by atoms with Crippen molar-refractivity contribution < 1.29 is 14.3 Å². The third-order valence-corrected chi connectivity index (χ3v) is 2.46. The molecule has 0 aliphatic heterocycles. The second-order valence-corrected chi connectivity index (χ2v) is 4.02. The molecule has 0 aliphatic rings. The van der Waals surface area contributed by atoms with Gasteiger partial charge in [-0.25, -0.2) is 0 Å². The molecule has 1 aromatic rings. The second-order valence-electron chi connectivity index (χ2n) is 4.02. The summed E-state index contributed by atoms with van der Waals surface area (Å²) < 4.78 is 10.6. The molecule has 19 heavy (non-hydrogen) atoms. The molecule has 0 atom stereocenters. The van der Waals surface area contributed by atoms with Crippen molar-refractivity contribution in [3.63, 3.8) is 0 Å². The molecule has 5 nitrogen and oxygen atoms in total. The first-order chi connectivity index (χ1) is 9.21. The van der Waals surface area contributed by atoms with Crippen LogP contribution in [0.1, 0.15) is 20.3 Å². The predicted octanol–water partition coefficient (Wildman–Crippen LogP) is 2.03. The van der Waals surface area contributed by atoms with Gasteiger partial charge in [-0.3, -0.25) is 4.79 Å². The van der Waals surface area contributed by atoms with E-state index in [2.05, 4.69) is 17.6 Å². The first-order valence-corrected chi connectivity index (χ1v) is 6.52. The number of carbonyl (C=O) groups excluding carboxylic acids is 1. The number of hydrogen-bond acceptors (Lipinski definition) is 4. The third kappa shape index (κ3) is 5.18. The van der Waals surface area contributed by atoms with Crippen LogP contribution in [0.4, 0.5) is 5.69 Å². The Hall–Kier alpha value is -1.75. The van der Waals surface area contributed by atoms with E-state index in [9.17, 15) is 4.79 Å². The Labute approximate surface area is 114 Å². The second kappa shape index (κ2) is 8.37. The fourth-order valence-electron chi connectivity index (χ4n) is 1.60. The molecule has 2 N–H and O–H groups in total. The van der Waals surface area contributed by atoms with Gasteiger partial charge in [0.15, 0.2) is 11.5 Å². The van der Waals surface area contributed by atoms with E-state index in [0.717, 1.165) is 13.0 Å². The van der Waals surface area contributed by atoms with E-state index in [0.29, 0.717) is 30.3 Å². The Kier molecular flexibility index (Phi) is 6.74. The first kappa shape index (κ1) is 15.3. The number of benzene rings is 1. The zero-order valence-corrected chi connectivity index (χ0v) is 11.8. The monoisotopic (exact) mass is 266 g/mol. The van der Waals surface area contributed by atoms with Gasteiger partial charge in [-0.05, 0) is 32.0 Å². The molecule has 1 rings (SSSR count). The van der Waals surface area contributed by atoms with E-state index in [1.54, 1.807) is 25.3 Å². The molecule has 0 aromatic heterocycles. The average molecular weight is 266 g/mol. The molecule has 106 valence electrons. The highest BCUT2D eigenvalue weighted by Crippen LogP contribution is 2.30. The Morgan fingerprint density at radius 3 is 2.68 bits per heavy atom. The van der Waals surface area contributed by atoms with Gasteiger partial charge in [0, 0.05) is 11.8 Å². The summed E-state index contributed by atoms with van der Waals surface area (Å²) in [4.78, 5) is 11.7. The summed E-state index contributed by atoms with van der Waals surface area (Å²) in [7, 11) is 1.58. The molecule has 0 unspecified atom stereocenters. The summed E-state index contributed by atoms with van der Waals surface area (Å²) in [5, 5.41) is 5.86. The molecule has 0 fully saturated rings. The fraction of sp³-hybridized carbons (Fsp3) is 0.500. The number of nitrogens with one attached hydrogen (secondary N) is 2. The maximum Gasteiger partial charge on any atom is 0.238 e. The van der Waals surface area contributed by atoms with E-state index in [1.807, 2.05) is 6.92 Å². The van der Waals surface area contributed by atoms with E-state index in [4.69, 9.17) is 9.47 Å². The lowest BCUT2D eigenvalue weighted by Crippen LogP contribution is -2.28. The first-order valence-electron chi connectivity index (χ1n) is 6.52. The molecule has 0 saturated heterocycles. The summed E-state index contributed by atoms with van der Waals surface area (Å²) in [5.74, 6) is 1.22. The topological polar surface area (TPSA) is 59.6 Å². The van der Waals surface area contributed by atoms with Gasteiger partial charge in [0.2, 0.25) is 5.91 Å². The molecule has 0 heterocycles. The van der Waals surface area contributed by atoms with Gasteiger partial charge in [0.05, 0.1) is 20.3 Å². The van der Waals surface area contributed by atoms with Crippen molar-refractivity contribution in [1.29, 1.82) is 0 Å². The van der Waals surface area contributed by atoms with Gasteiger partial charge < -0.3 is 20.1 Å². The Morgan fingerprint density at radius 1 is 1.26 bits per heavy atom. The number of carbonyl (C=O) groups is 1. The predicted molar refractivity (Wildman–Crippen MR) is 76.0 cm³/mol. The molecule has 0 bridgehead atoms. The Balaban J connectivity index is 2.61. The number of methoxy groups -OCH3 is 1. The van der Waals surface area contributed by atoms with E-state index >= 15 is 0 Å². The third-order valence-electron chi connectivity index (χ3n) is 2.46. The zero-order valence-electron chi connectivity index (χ0n) is 11.8. The van der Waals surface area contributed by atoms with Crippen molar-refractivity contribution in [1.82, 2.24) is 5.32 Å². The van der Waals surface area contributed by atoms with Crippen LogP contribution in [-0.4, -0.2) is 32.7 Å². The number of anilines is 1. The van der Waals surface area contributed by atoms with Gasteiger partial charge in [-0.1, -0.05) is 6.92 Å². The number of hydrogen-bond donors (Lipinski definition) is 2. The van der Waals surface area contributed by atoms with Crippen LogP contribution in [0.15, 0.2) is 18.2 Å². The van der Waals surface area contributed by atoms with Crippen molar-refractivity contribution in [3.05, 3.63) is 18.2 Å². The average Bonchev–Trinajstić information content (AvgIpc) is 2.41. The van der Waals surface area contributed by atoms with Crippen LogP contribution in [0.5, 0.6) is 11.5 Å². The summed E-state index contributed by atoms with van der Waals surface area (Å²) >= 11 is 0. The molecular formula is C14H22N2O3. The van der Waals surface area contributed by atoms with Crippen LogP contribution in [0, 0.1) is 0 Å². The van der Waals surface area contributed by atoms with Crippen molar-refractivity contribution in [3.8, 4) is 11.5 Å². The molecular weight excluding hydrogens is 244 g/mol. The van der Waals surface area contributed by atoms with Crippen LogP contribution in [-0.2, 0) is 4.79 Å². The quantitative estimate of drug-likeness (QED) is 0.707. The maximum absolute atomic E-state index is 11.7. The molecule has 1 amide bonds. The number of amides is 1. The Bertz CT molecular complexity index is 408. The summed E-state index contributed by atoms with van der Waals surface area (Å²) in [6, 6.07) is 5.34. The van der Waals surface area contributed by atoms with Gasteiger partial charge in [-0.15, -0.1) is 0 Å². The van der Waals surface area contributed by atoms with E-state index in [-0.39, 0.29) is 5.91 Å². The minimum Gasteiger partial charge on any atom is -0.493 e. The van der Waals surface area contributed by atoms with Crippen molar-refractivity contribution in [2.24, 2.45) is 0 Å². The van der Waals surface area contributed by atoms with Crippen LogP contribution < -0.4 is 20.1 Å². The van der Waals surface area contributed by atoms with Gasteiger partial charge >= 0.3 is 0 Å². The summed E-state index contributed by atoms with van der Waals surface area (Å²) in [5.41, 5.74) is 0.698. The van der Waals surface area contributed by atoms with E-state index < -0.39 is 0 Å². The SMILES string of the molecule is CCCNCC(=O)Nc1ccc(OCC)c(OC)c1. The molecule has 0 aliphatic carbocycles. The molecule has 1 aromatic carbocycles. The van der Waals surface area contributed by atoms with Crippen LogP contribution in [0.3, 0.4) is 0 Å². The Morgan fingerprint density at radius 2 is 2.05 bits per heavy atom. The minimum absolute atomic E-state index is 0.0698. The van der Waals surface area contributed by atoms with Crippen molar-refractivity contribution >= 4 is 11.6 Å². The lowest BCUT2D eigenvalue weighted by Gasteiger charge is -2.12. The maximum atomic E-state index is 11.7. The van der Waals surface area contributed by atoms with Crippen LogP contribution >= 0.6 is 0 Å². The van der Waals surface area contributed by atoms with Crippen LogP contribution in [0.25, 0.3) is 0 Å². The minimum atomic E-state index is -0.0698. The summed E-state index contributed by atoms with van der Waals surface area (Å²) in [6.45, 7) is 5.68. The normalized spacial score (nSPS) is 10.1. The summed E-state index contributed by atoms with van der Waals surface area (Å²) in [6.07, 6.45) is 1.00. The van der Waals surface area contributed by atoms with Gasteiger partial charge in [0.25, 0.3) is 0 Å². The molecule has 0 radical (unpaired) electrons. The van der Waals surface area contributed by atoms with Crippen LogP contribution in [0.2, 0.25) is 0 Å². The molecule has 5 heteroatoms.